The summed E-state index contributed by atoms with van der Waals surface area (Å²) in [5, 5.41) is 4.98. The second-order valence-corrected chi connectivity index (χ2v) is 6.79. The van der Waals surface area contributed by atoms with E-state index in [1.807, 2.05) is 55.5 Å². The minimum absolute atomic E-state index is 0.242. The number of aromatic nitrogens is 2. The molecule has 0 aliphatic rings. The molecule has 150 valence electrons. The van der Waals surface area contributed by atoms with Crippen LogP contribution in [0.5, 0.6) is 11.5 Å². The highest BCUT2D eigenvalue weighted by Crippen LogP contribution is 2.31. The molecule has 6 nitrogen and oxygen atoms in total. The van der Waals surface area contributed by atoms with Crippen molar-refractivity contribution in [3.05, 3.63) is 88.2 Å². The smallest absolute Gasteiger partial charge is 0.282 e. The van der Waals surface area contributed by atoms with Gasteiger partial charge in [-0.2, -0.15) is 9.78 Å². The highest BCUT2D eigenvalue weighted by Gasteiger charge is 2.14. The summed E-state index contributed by atoms with van der Waals surface area (Å²) < 4.78 is 12.1. The zero-order valence-corrected chi connectivity index (χ0v) is 17.0. The second kappa shape index (κ2) is 8.21. The summed E-state index contributed by atoms with van der Waals surface area (Å²) in [6.45, 7) is 2.02. The highest BCUT2D eigenvalue weighted by molar-refractivity contribution is 5.82. The van der Waals surface area contributed by atoms with E-state index in [0.29, 0.717) is 33.8 Å². The van der Waals surface area contributed by atoms with Gasteiger partial charge in [-0.05, 0) is 42.8 Å². The largest absolute Gasteiger partial charge is 0.493 e. The van der Waals surface area contributed by atoms with Gasteiger partial charge in [0.25, 0.3) is 5.56 Å². The first-order valence-corrected chi connectivity index (χ1v) is 9.46. The van der Waals surface area contributed by atoms with Crippen molar-refractivity contribution in [2.45, 2.75) is 6.92 Å². The Morgan fingerprint density at radius 2 is 1.67 bits per heavy atom. The third kappa shape index (κ3) is 3.67. The number of aryl methyl sites for hydroxylation is 1. The van der Waals surface area contributed by atoms with Gasteiger partial charge in [0.15, 0.2) is 17.3 Å². The topological polar surface area (TPSA) is 65.7 Å². The SMILES string of the molecule is COc1ccc(-c2nc3ccccc3c(=O)n2/N=C/c2ccc(C)cc2)cc1OC. The predicted molar refractivity (Wildman–Crippen MR) is 119 cm³/mol. The van der Waals surface area contributed by atoms with Crippen molar-refractivity contribution in [1.82, 2.24) is 9.66 Å². The van der Waals surface area contributed by atoms with Crippen LogP contribution in [0.15, 0.2) is 76.6 Å². The lowest BCUT2D eigenvalue weighted by molar-refractivity contribution is 0.355. The van der Waals surface area contributed by atoms with Gasteiger partial charge in [0.2, 0.25) is 0 Å². The standard InChI is InChI=1S/C24H21N3O3/c1-16-8-10-17(11-9-16)15-25-27-23(18-12-13-21(29-2)22(14-18)30-3)26-20-7-5-4-6-19(20)24(27)28/h4-15H,1-3H3/b25-15+. The monoisotopic (exact) mass is 399 g/mol. The zero-order chi connectivity index (χ0) is 21.1. The van der Waals surface area contributed by atoms with Crippen LogP contribution in [-0.2, 0) is 0 Å². The number of nitrogens with zero attached hydrogens (tertiary/aromatic N) is 3. The Hall–Kier alpha value is -3.93. The minimum Gasteiger partial charge on any atom is -0.493 e. The summed E-state index contributed by atoms with van der Waals surface area (Å²) in [6, 6.07) is 20.5. The predicted octanol–water partition coefficient (Wildman–Crippen LogP) is 4.27. The summed E-state index contributed by atoms with van der Waals surface area (Å²) >= 11 is 0. The molecular weight excluding hydrogens is 378 g/mol. The zero-order valence-electron chi connectivity index (χ0n) is 17.0. The Morgan fingerprint density at radius 1 is 0.933 bits per heavy atom. The maximum atomic E-state index is 13.2. The lowest BCUT2D eigenvalue weighted by Crippen LogP contribution is -2.20. The summed E-state index contributed by atoms with van der Waals surface area (Å²) in [5.74, 6) is 1.56. The van der Waals surface area contributed by atoms with Crippen LogP contribution in [0, 0.1) is 6.92 Å². The van der Waals surface area contributed by atoms with Crippen molar-refractivity contribution in [2.24, 2.45) is 5.10 Å². The van der Waals surface area contributed by atoms with Crippen LogP contribution in [0.3, 0.4) is 0 Å². The summed E-state index contributed by atoms with van der Waals surface area (Å²) in [7, 11) is 3.14. The van der Waals surface area contributed by atoms with Crippen molar-refractivity contribution in [2.75, 3.05) is 14.2 Å². The third-order valence-corrected chi connectivity index (χ3v) is 4.80. The Balaban J connectivity index is 1.93. The number of fused-ring (bicyclic) bond motifs is 1. The van der Waals surface area contributed by atoms with Gasteiger partial charge >= 0.3 is 0 Å². The average Bonchev–Trinajstić information content (AvgIpc) is 2.79. The molecule has 6 heteroatoms. The van der Waals surface area contributed by atoms with E-state index in [4.69, 9.17) is 14.5 Å². The van der Waals surface area contributed by atoms with Crippen molar-refractivity contribution in [1.29, 1.82) is 0 Å². The quantitative estimate of drug-likeness (QED) is 0.470. The molecule has 0 radical (unpaired) electrons. The normalized spacial score (nSPS) is 11.2. The van der Waals surface area contributed by atoms with Crippen LogP contribution in [0.25, 0.3) is 22.3 Å². The van der Waals surface area contributed by atoms with Gasteiger partial charge in [0.05, 0.1) is 31.3 Å². The number of para-hydroxylation sites is 1. The molecule has 0 N–H and O–H groups in total. The van der Waals surface area contributed by atoms with Crippen LogP contribution >= 0.6 is 0 Å². The van der Waals surface area contributed by atoms with Crippen LogP contribution in [0.2, 0.25) is 0 Å². The Morgan fingerprint density at radius 3 is 2.40 bits per heavy atom. The number of rotatable bonds is 5. The number of methoxy groups -OCH3 is 2. The van der Waals surface area contributed by atoms with Crippen LogP contribution in [-0.4, -0.2) is 30.1 Å². The fourth-order valence-corrected chi connectivity index (χ4v) is 3.17. The van der Waals surface area contributed by atoms with Gasteiger partial charge in [-0.1, -0.05) is 42.0 Å². The minimum atomic E-state index is -0.242. The second-order valence-electron chi connectivity index (χ2n) is 6.79. The van der Waals surface area contributed by atoms with Crippen molar-refractivity contribution < 1.29 is 9.47 Å². The summed E-state index contributed by atoms with van der Waals surface area (Å²) in [4.78, 5) is 17.9. The van der Waals surface area contributed by atoms with Crippen LogP contribution < -0.4 is 15.0 Å². The van der Waals surface area contributed by atoms with E-state index in [0.717, 1.165) is 11.1 Å². The lowest BCUT2D eigenvalue weighted by Gasteiger charge is -2.12. The molecule has 0 atom stereocenters. The van der Waals surface area contributed by atoms with Gasteiger partial charge in [-0.25, -0.2) is 4.98 Å². The first kappa shape index (κ1) is 19.4. The fraction of sp³-hybridized carbons (Fsp3) is 0.125. The molecule has 0 amide bonds. The molecule has 4 rings (SSSR count). The number of ether oxygens (including phenoxy) is 2. The number of hydrogen-bond acceptors (Lipinski definition) is 5. The van der Waals surface area contributed by atoms with Crippen LogP contribution in [0.1, 0.15) is 11.1 Å². The summed E-state index contributed by atoms with van der Waals surface area (Å²) in [5.41, 5.74) is 3.10. The molecule has 30 heavy (non-hydrogen) atoms. The van der Waals surface area contributed by atoms with E-state index >= 15 is 0 Å². The molecule has 3 aromatic carbocycles. The van der Waals surface area contributed by atoms with Gasteiger partial charge in [-0.15, -0.1) is 0 Å². The Bertz CT molecular complexity index is 1290. The van der Waals surface area contributed by atoms with Gasteiger partial charge < -0.3 is 9.47 Å². The van der Waals surface area contributed by atoms with E-state index in [1.54, 1.807) is 38.6 Å². The maximum absolute atomic E-state index is 13.2. The molecule has 0 saturated heterocycles. The number of hydrogen-bond donors (Lipinski definition) is 0. The van der Waals surface area contributed by atoms with E-state index in [9.17, 15) is 4.79 Å². The van der Waals surface area contributed by atoms with Gasteiger partial charge in [-0.3, -0.25) is 4.79 Å². The van der Waals surface area contributed by atoms with Crippen molar-refractivity contribution >= 4 is 17.1 Å². The molecule has 0 fully saturated rings. The molecule has 1 aromatic heterocycles. The molecular formula is C24H21N3O3. The molecule has 0 saturated carbocycles. The van der Waals surface area contributed by atoms with E-state index in [1.165, 1.54) is 4.68 Å². The summed E-state index contributed by atoms with van der Waals surface area (Å²) in [6.07, 6.45) is 1.65. The molecule has 0 bridgehead atoms. The lowest BCUT2D eigenvalue weighted by atomic mass is 10.1. The van der Waals surface area contributed by atoms with Gasteiger partial charge in [0.1, 0.15) is 0 Å². The van der Waals surface area contributed by atoms with Crippen molar-refractivity contribution in [3.8, 4) is 22.9 Å². The molecule has 0 spiro atoms. The molecule has 1 heterocycles. The fourth-order valence-electron chi connectivity index (χ4n) is 3.17. The molecule has 0 unspecified atom stereocenters. The first-order chi connectivity index (χ1) is 14.6. The van der Waals surface area contributed by atoms with E-state index < -0.39 is 0 Å². The van der Waals surface area contributed by atoms with Crippen LogP contribution in [0.4, 0.5) is 0 Å². The first-order valence-electron chi connectivity index (χ1n) is 9.46. The van der Waals surface area contributed by atoms with Gasteiger partial charge in [0, 0.05) is 5.56 Å². The maximum Gasteiger partial charge on any atom is 0.282 e. The molecule has 4 aromatic rings. The molecule has 0 aliphatic carbocycles. The molecule has 0 aliphatic heterocycles. The van der Waals surface area contributed by atoms with Crippen molar-refractivity contribution in [3.63, 3.8) is 0 Å². The van der Waals surface area contributed by atoms with E-state index in [2.05, 4.69) is 5.10 Å². The number of benzene rings is 3. The third-order valence-electron chi connectivity index (χ3n) is 4.80. The van der Waals surface area contributed by atoms with E-state index in [-0.39, 0.29) is 5.56 Å². The average molecular weight is 399 g/mol. The Kier molecular flexibility index (Phi) is 5.30. The highest BCUT2D eigenvalue weighted by atomic mass is 16.5. The Labute approximate surface area is 174 Å².